The number of nitro benzene ring substituents is 1. The monoisotopic (exact) mass is 358 g/mol. The van der Waals surface area contributed by atoms with E-state index in [1.54, 1.807) is 19.9 Å². The number of anilines is 1. The molecule has 0 radical (unpaired) electrons. The largest absolute Gasteiger partial charge is 0.484 e. The lowest BCUT2D eigenvalue weighted by Gasteiger charge is -2.10. The van der Waals surface area contributed by atoms with Crippen LogP contribution in [0.2, 0.25) is 0 Å². The number of benzene rings is 2. The Labute approximate surface area is 149 Å². The highest BCUT2D eigenvalue weighted by molar-refractivity contribution is 5.94. The van der Waals surface area contributed by atoms with Gasteiger partial charge in [-0.15, -0.1) is 0 Å². The third-order valence-electron chi connectivity index (χ3n) is 3.73. The summed E-state index contributed by atoms with van der Waals surface area (Å²) in [5.74, 6) is -0.632. The summed E-state index contributed by atoms with van der Waals surface area (Å²) >= 11 is 0. The van der Waals surface area contributed by atoms with Gasteiger partial charge >= 0.3 is 5.97 Å². The van der Waals surface area contributed by atoms with Crippen LogP contribution >= 0.6 is 0 Å². The fourth-order valence-corrected chi connectivity index (χ4v) is 2.19. The highest BCUT2D eigenvalue weighted by Crippen LogP contribution is 2.27. The van der Waals surface area contributed by atoms with Gasteiger partial charge in [0.15, 0.2) is 6.61 Å². The number of nitrogens with zero attached hydrogens (tertiary/aromatic N) is 1. The number of methoxy groups -OCH3 is 1. The van der Waals surface area contributed by atoms with Gasteiger partial charge in [0, 0.05) is 6.07 Å². The molecule has 0 aliphatic carbocycles. The Bertz CT molecular complexity index is 846. The first-order valence-electron chi connectivity index (χ1n) is 7.68. The van der Waals surface area contributed by atoms with Gasteiger partial charge in [-0.1, -0.05) is 0 Å². The molecule has 0 heterocycles. The third-order valence-corrected chi connectivity index (χ3v) is 3.73. The first-order valence-corrected chi connectivity index (χ1v) is 7.68. The van der Waals surface area contributed by atoms with Crippen molar-refractivity contribution >= 4 is 23.3 Å². The predicted octanol–water partition coefficient (Wildman–Crippen LogP) is 3.02. The average molecular weight is 358 g/mol. The molecule has 136 valence electrons. The van der Waals surface area contributed by atoms with Gasteiger partial charge in [-0.3, -0.25) is 14.9 Å². The molecule has 0 atom stereocenters. The Hall–Kier alpha value is -3.42. The number of nitro groups is 1. The van der Waals surface area contributed by atoms with Crippen LogP contribution in [0.1, 0.15) is 21.5 Å². The molecular formula is C18H18N2O6. The van der Waals surface area contributed by atoms with E-state index < -0.39 is 16.8 Å². The summed E-state index contributed by atoms with van der Waals surface area (Å²) < 4.78 is 9.92. The second kappa shape index (κ2) is 8.11. The summed E-state index contributed by atoms with van der Waals surface area (Å²) in [6.07, 6.45) is 0. The maximum absolute atomic E-state index is 12.0. The molecule has 0 fully saturated rings. The Morgan fingerprint density at radius 1 is 1.12 bits per heavy atom. The SMILES string of the molecule is COC(=O)c1ccc(OCC(=O)Nc2cc(C)c(C)cc2[N+](=O)[O-])cc1. The number of ether oxygens (including phenoxy) is 2. The molecule has 26 heavy (non-hydrogen) atoms. The molecule has 8 nitrogen and oxygen atoms in total. The van der Waals surface area contributed by atoms with E-state index in [4.69, 9.17) is 4.74 Å². The minimum atomic E-state index is -0.547. The molecular weight excluding hydrogens is 340 g/mol. The maximum atomic E-state index is 12.0. The number of aryl methyl sites for hydroxylation is 2. The first kappa shape index (κ1) is 18.9. The van der Waals surface area contributed by atoms with Crippen molar-refractivity contribution in [2.24, 2.45) is 0 Å². The van der Waals surface area contributed by atoms with Crippen LogP contribution in [-0.2, 0) is 9.53 Å². The molecule has 8 heteroatoms. The molecule has 2 rings (SSSR count). The summed E-state index contributed by atoms with van der Waals surface area (Å²) in [5.41, 5.74) is 1.88. The van der Waals surface area contributed by atoms with Gasteiger partial charge in [0.2, 0.25) is 0 Å². The quantitative estimate of drug-likeness (QED) is 0.483. The number of carbonyl (C=O) groups is 2. The standard InChI is InChI=1S/C18H18N2O6/c1-11-8-15(16(20(23)24)9-12(11)2)19-17(21)10-26-14-6-4-13(5-7-14)18(22)25-3/h4-9H,10H2,1-3H3,(H,19,21). The number of amides is 1. The van der Waals surface area contributed by atoms with Crippen molar-refractivity contribution in [2.75, 3.05) is 19.0 Å². The lowest BCUT2D eigenvalue weighted by atomic mass is 10.1. The summed E-state index contributed by atoms with van der Waals surface area (Å²) in [5, 5.41) is 13.6. The fraction of sp³-hybridized carbons (Fsp3) is 0.222. The maximum Gasteiger partial charge on any atom is 0.337 e. The molecule has 0 bridgehead atoms. The van der Waals surface area contributed by atoms with Crippen molar-refractivity contribution in [3.05, 3.63) is 63.2 Å². The zero-order valence-electron chi connectivity index (χ0n) is 14.6. The molecule has 1 amide bonds. The van der Waals surface area contributed by atoms with Crippen molar-refractivity contribution in [3.8, 4) is 5.75 Å². The molecule has 0 saturated carbocycles. The highest BCUT2D eigenvalue weighted by Gasteiger charge is 2.17. The van der Waals surface area contributed by atoms with E-state index in [1.165, 1.54) is 37.4 Å². The third kappa shape index (κ3) is 4.56. The van der Waals surface area contributed by atoms with Crippen LogP contribution in [0.3, 0.4) is 0 Å². The molecule has 2 aromatic carbocycles. The summed E-state index contributed by atoms with van der Waals surface area (Å²) in [6.45, 7) is 3.23. The smallest absolute Gasteiger partial charge is 0.337 e. The van der Waals surface area contributed by atoms with E-state index in [1.807, 2.05) is 0 Å². The van der Waals surface area contributed by atoms with Gasteiger partial charge < -0.3 is 14.8 Å². The van der Waals surface area contributed by atoms with Crippen LogP contribution in [0, 0.1) is 24.0 Å². The predicted molar refractivity (Wildman–Crippen MR) is 94.5 cm³/mol. The lowest BCUT2D eigenvalue weighted by molar-refractivity contribution is -0.384. The molecule has 0 saturated heterocycles. The number of esters is 1. The molecule has 0 unspecified atom stereocenters. The van der Waals surface area contributed by atoms with Crippen LogP contribution in [0.15, 0.2) is 36.4 Å². The molecule has 2 aromatic rings. The van der Waals surface area contributed by atoms with Crippen molar-refractivity contribution in [1.29, 1.82) is 0 Å². The van der Waals surface area contributed by atoms with Gasteiger partial charge in [0.1, 0.15) is 11.4 Å². The number of carbonyl (C=O) groups excluding carboxylic acids is 2. The van der Waals surface area contributed by atoms with Crippen LogP contribution in [-0.4, -0.2) is 30.5 Å². The van der Waals surface area contributed by atoms with Gasteiger partial charge in [0.25, 0.3) is 11.6 Å². The fourth-order valence-electron chi connectivity index (χ4n) is 2.19. The van der Waals surface area contributed by atoms with Gasteiger partial charge in [0.05, 0.1) is 17.6 Å². The van der Waals surface area contributed by atoms with Crippen LogP contribution in [0.5, 0.6) is 5.75 Å². The van der Waals surface area contributed by atoms with Crippen LogP contribution in [0.4, 0.5) is 11.4 Å². The normalized spacial score (nSPS) is 10.1. The zero-order valence-corrected chi connectivity index (χ0v) is 14.6. The van der Waals surface area contributed by atoms with Gasteiger partial charge in [-0.2, -0.15) is 0 Å². The Balaban J connectivity index is 2.02. The van der Waals surface area contributed by atoms with Gasteiger partial charge in [-0.25, -0.2) is 4.79 Å². The van der Waals surface area contributed by atoms with E-state index in [0.29, 0.717) is 11.3 Å². The summed E-state index contributed by atoms with van der Waals surface area (Å²) in [6, 6.07) is 9.03. The number of nitrogens with one attached hydrogen (secondary N) is 1. The number of rotatable bonds is 6. The van der Waals surface area contributed by atoms with Crippen molar-refractivity contribution in [1.82, 2.24) is 0 Å². The summed E-state index contributed by atoms with van der Waals surface area (Å²) in [4.78, 5) is 34.0. The minimum absolute atomic E-state index is 0.118. The Morgan fingerprint density at radius 3 is 2.31 bits per heavy atom. The van der Waals surface area contributed by atoms with Crippen molar-refractivity contribution in [3.63, 3.8) is 0 Å². The number of hydrogen-bond acceptors (Lipinski definition) is 6. The molecule has 0 aliphatic heterocycles. The lowest BCUT2D eigenvalue weighted by Crippen LogP contribution is -2.21. The second-order valence-corrected chi connectivity index (χ2v) is 5.56. The van der Waals surface area contributed by atoms with E-state index in [9.17, 15) is 19.7 Å². The minimum Gasteiger partial charge on any atom is -0.484 e. The summed E-state index contributed by atoms with van der Waals surface area (Å²) in [7, 11) is 1.28. The molecule has 0 spiro atoms. The zero-order chi connectivity index (χ0) is 19.3. The average Bonchev–Trinajstić information content (AvgIpc) is 2.62. The van der Waals surface area contributed by atoms with E-state index >= 15 is 0 Å². The molecule has 1 N–H and O–H groups in total. The Morgan fingerprint density at radius 2 is 1.73 bits per heavy atom. The van der Waals surface area contributed by atoms with E-state index in [0.717, 1.165) is 11.1 Å². The van der Waals surface area contributed by atoms with Crippen LogP contribution < -0.4 is 10.1 Å². The number of hydrogen-bond donors (Lipinski definition) is 1. The van der Waals surface area contributed by atoms with Crippen LogP contribution in [0.25, 0.3) is 0 Å². The Kier molecular flexibility index (Phi) is 5.90. The van der Waals surface area contributed by atoms with Crippen molar-refractivity contribution < 1.29 is 24.0 Å². The topological polar surface area (TPSA) is 108 Å². The molecule has 0 aliphatic rings. The van der Waals surface area contributed by atoms with Crippen molar-refractivity contribution in [2.45, 2.75) is 13.8 Å². The van der Waals surface area contributed by atoms with E-state index in [-0.39, 0.29) is 18.0 Å². The first-order chi connectivity index (χ1) is 12.3. The van der Waals surface area contributed by atoms with E-state index in [2.05, 4.69) is 10.1 Å². The second-order valence-electron chi connectivity index (χ2n) is 5.56. The molecule has 0 aromatic heterocycles. The highest BCUT2D eigenvalue weighted by atomic mass is 16.6. The van der Waals surface area contributed by atoms with Gasteiger partial charge in [-0.05, 0) is 55.3 Å².